The maximum atomic E-state index is 12.9. The fraction of sp³-hybridized carbons (Fsp3) is 0.381. The highest BCUT2D eigenvalue weighted by Crippen LogP contribution is 2.30. The molecule has 30 heavy (non-hydrogen) atoms. The smallest absolute Gasteiger partial charge is 0.258 e. The van der Waals surface area contributed by atoms with Crippen LogP contribution in [-0.4, -0.2) is 44.6 Å². The van der Waals surface area contributed by atoms with E-state index in [0.29, 0.717) is 13.1 Å². The third-order valence-electron chi connectivity index (χ3n) is 4.58. The molecule has 0 bridgehead atoms. The van der Waals surface area contributed by atoms with Crippen molar-refractivity contribution in [3.05, 3.63) is 53.1 Å². The monoisotopic (exact) mass is 470 g/mol. The van der Waals surface area contributed by atoms with Crippen LogP contribution < -0.4 is 10.1 Å². The van der Waals surface area contributed by atoms with Gasteiger partial charge in [-0.25, -0.2) is 8.42 Å². The molecule has 0 aliphatic carbocycles. The topological polar surface area (TPSA) is 75.7 Å². The maximum Gasteiger partial charge on any atom is 0.258 e. The third kappa shape index (κ3) is 6.14. The van der Waals surface area contributed by atoms with Crippen LogP contribution in [0.25, 0.3) is 0 Å². The van der Waals surface area contributed by atoms with E-state index in [4.69, 9.17) is 16.3 Å². The summed E-state index contributed by atoms with van der Waals surface area (Å²) in [6.07, 6.45) is 2.00. The zero-order chi connectivity index (χ0) is 22.3. The second kappa shape index (κ2) is 11.0. The molecule has 1 N–H and O–H groups in total. The van der Waals surface area contributed by atoms with E-state index in [0.717, 1.165) is 10.5 Å². The molecule has 0 spiro atoms. The normalized spacial score (nSPS) is 12.6. The molecular weight excluding hydrogens is 444 g/mol. The maximum absolute atomic E-state index is 12.9. The number of halogens is 1. The predicted octanol–water partition coefficient (Wildman–Crippen LogP) is 4.35. The van der Waals surface area contributed by atoms with Crippen LogP contribution in [0, 0.1) is 0 Å². The van der Waals surface area contributed by atoms with E-state index in [2.05, 4.69) is 5.32 Å². The number of nitrogens with zero attached hydrogens (tertiary/aromatic N) is 1. The number of carbonyl (C=O) groups excluding carboxylic acids is 1. The van der Waals surface area contributed by atoms with Crippen molar-refractivity contribution in [2.75, 3.05) is 26.0 Å². The Hall–Kier alpha value is -1.74. The molecule has 1 atom stereocenters. The summed E-state index contributed by atoms with van der Waals surface area (Å²) in [6, 6.07) is 12.1. The van der Waals surface area contributed by atoms with Crippen molar-refractivity contribution in [2.45, 2.75) is 36.6 Å². The number of hydrogen-bond donors (Lipinski definition) is 1. The van der Waals surface area contributed by atoms with Crippen LogP contribution in [-0.2, 0) is 14.8 Å². The summed E-state index contributed by atoms with van der Waals surface area (Å²) in [6.45, 7) is 5.72. The van der Waals surface area contributed by atoms with Gasteiger partial charge in [0.05, 0.1) is 6.04 Å². The van der Waals surface area contributed by atoms with Gasteiger partial charge in [-0.15, -0.1) is 11.8 Å². The highest BCUT2D eigenvalue weighted by Gasteiger charge is 2.26. The highest BCUT2D eigenvalue weighted by atomic mass is 35.5. The average Bonchev–Trinajstić information content (AvgIpc) is 2.73. The Labute approximate surface area is 188 Å². The molecule has 2 aromatic carbocycles. The lowest BCUT2D eigenvalue weighted by atomic mass is 10.1. The van der Waals surface area contributed by atoms with E-state index in [1.807, 2.05) is 37.4 Å². The molecule has 0 fully saturated rings. The Morgan fingerprint density at radius 2 is 1.80 bits per heavy atom. The van der Waals surface area contributed by atoms with Crippen molar-refractivity contribution >= 4 is 39.3 Å². The zero-order valence-corrected chi connectivity index (χ0v) is 19.9. The van der Waals surface area contributed by atoms with Gasteiger partial charge < -0.3 is 10.1 Å². The van der Waals surface area contributed by atoms with Gasteiger partial charge in [0.1, 0.15) is 10.6 Å². The van der Waals surface area contributed by atoms with Crippen LogP contribution in [0.5, 0.6) is 5.75 Å². The minimum atomic E-state index is -3.78. The van der Waals surface area contributed by atoms with Gasteiger partial charge in [-0.3, -0.25) is 4.79 Å². The first kappa shape index (κ1) is 24.5. The molecule has 0 saturated heterocycles. The minimum absolute atomic E-state index is 0.0489. The molecule has 0 aliphatic rings. The quantitative estimate of drug-likeness (QED) is 0.522. The van der Waals surface area contributed by atoms with Gasteiger partial charge in [0.15, 0.2) is 6.61 Å². The summed E-state index contributed by atoms with van der Waals surface area (Å²) < 4.78 is 32.7. The van der Waals surface area contributed by atoms with Gasteiger partial charge in [-0.05, 0) is 49.1 Å². The number of ether oxygens (including phenoxy) is 1. The van der Waals surface area contributed by atoms with Crippen LogP contribution >= 0.6 is 23.4 Å². The lowest BCUT2D eigenvalue weighted by Gasteiger charge is -2.21. The first-order valence-corrected chi connectivity index (χ1v) is 12.6. The van der Waals surface area contributed by atoms with E-state index in [1.54, 1.807) is 25.6 Å². The lowest BCUT2D eigenvalue weighted by Crippen LogP contribution is -2.33. The van der Waals surface area contributed by atoms with Crippen LogP contribution in [0.15, 0.2) is 52.3 Å². The van der Waals surface area contributed by atoms with Crippen molar-refractivity contribution in [3.63, 3.8) is 0 Å². The Balaban J connectivity index is 2.10. The van der Waals surface area contributed by atoms with Crippen molar-refractivity contribution < 1.29 is 17.9 Å². The van der Waals surface area contributed by atoms with Crippen LogP contribution in [0.3, 0.4) is 0 Å². The first-order chi connectivity index (χ1) is 14.2. The summed E-state index contributed by atoms with van der Waals surface area (Å²) in [5.74, 6) is -0.254. The lowest BCUT2D eigenvalue weighted by molar-refractivity contribution is -0.123. The predicted molar refractivity (Wildman–Crippen MR) is 122 cm³/mol. The number of rotatable bonds is 10. The second-order valence-corrected chi connectivity index (χ2v) is 9.75. The molecule has 1 amide bonds. The number of nitrogens with one attached hydrogen (secondary N) is 1. The fourth-order valence-corrected chi connectivity index (χ4v) is 5.17. The molecule has 0 aromatic heterocycles. The largest absolute Gasteiger partial charge is 0.482 e. The summed E-state index contributed by atoms with van der Waals surface area (Å²) in [7, 11) is -3.78. The van der Waals surface area contributed by atoms with Crippen LogP contribution in [0.4, 0.5) is 0 Å². The summed E-state index contributed by atoms with van der Waals surface area (Å²) in [4.78, 5) is 13.5. The fourth-order valence-electron chi connectivity index (χ4n) is 2.91. The van der Waals surface area contributed by atoms with Crippen molar-refractivity contribution in [1.29, 1.82) is 0 Å². The van der Waals surface area contributed by atoms with Gasteiger partial charge >= 0.3 is 0 Å². The van der Waals surface area contributed by atoms with Gasteiger partial charge in [-0.1, -0.05) is 37.6 Å². The highest BCUT2D eigenvalue weighted by molar-refractivity contribution is 7.98. The SMILES string of the molecule is CCN(CC)S(=O)(=O)c1cc(Cl)ccc1OCC(=O)NC(C)c1ccc(SC)cc1. The van der Waals surface area contributed by atoms with Crippen LogP contribution in [0.1, 0.15) is 32.4 Å². The van der Waals surface area contributed by atoms with Gasteiger partial charge in [0, 0.05) is 23.0 Å². The first-order valence-electron chi connectivity index (χ1n) is 9.58. The van der Waals surface area contributed by atoms with Gasteiger partial charge in [0.2, 0.25) is 10.0 Å². The summed E-state index contributed by atoms with van der Waals surface area (Å²) >= 11 is 7.66. The van der Waals surface area contributed by atoms with Gasteiger partial charge in [0.25, 0.3) is 5.91 Å². The minimum Gasteiger partial charge on any atom is -0.482 e. The van der Waals surface area contributed by atoms with E-state index < -0.39 is 10.0 Å². The molecule has 0 aliphatic heterocycles. The van der Waals surface area contributed by atoms with Gasteiger partial charge in [-0.2, -0.15) is 4.31 Å². The number of carbonyl (C=O) groups is 1. The molecule has 164 valence electrons. The standard InChI is InChI=1S/C21H27ClN2O4S2/c1-5-24(6-2)30(26,27)20-13-17(22)9-12-19(20)28-14-21(25)23-15(3)16-7-10-18(29-4)11-8-16/h7-13,15H,5-6,14H2,1-4H3,(H,23,25). The van der Waals surface area contributed by atoms with Crippen LogP contribution in [0.2, 0.25) is 5.02 Å². The Morgan fingerprint density at radius 1 is 1.17 bits per heavy atom. The van der Waals surface area contributed by atoms with Crippen molar-refractivity contribution in [3.8, 4) is 5.75 Å². The van der Waals surface area contributed by atoms with E-state index in [1.165, 1.54) is 22.5 Å². The van der Waals surface area contributed by atoms with E-state index in [-0.39, 0.29) is 34.2 Å². The molecular formula is C21H27ClN2O4S2. The molecule has 6 nitrogen and oxygen atoms in total. The number of sulfonamides is 1. The van der Waals surface area contributed by atoms with E-state index >= 15 is 0 Å². The third-order valence-corrected chi connectivity index (χ3v) is 7.63. The molecule has 0 radical (unpaired) electrons. The molecule has 0 saturated carbocycles. The average molecular weight is 471 g/mol. The summed E-state index contributed by atoms with van der Waals surface area (Å²) in [5, 5.41) is 3.14. The second-order valence-electron chi connectivity index (χ2n) is 6.53. The zero-order valence-electron chi connectivity index (χ0n) is 17.5. The summed E-state index contributed by atoms with van der Waals surface area (Å²) in [5.41, 5.74) is 0.970. The molecule has 2 aromatic rings. The van der Waals surface area contributed by atoms with E-state index in [9.17, 15) is 13.2 Å². The molecule has 0 heterocycles. The Kier molecular flexibility index (Phi) is 9.03. The Morgan fingerprint density at radius 3 is 2.37 bits per heavy atom. The number of amides is 1. The molecule has 9 heteroatoms. The molecule has 2 rings (SSSR count). The Bertz CT molecular complexity index is 961. The number of benzene rings is 2. The molecule has 1 unspecified atom stereocenters. The van der Waals surface area contributed by atoms with Crippen molar-refractivity contribution in [1.82, 2.24) is 9.62 Å². The van der Waals surface area contributed by atoms with Crippen molar-refractivity contribution in [2.24, 2.45) is 0 Å². The number of thioether (sulfide) groups is 1. The number of hydrogen-bond acceptors (Lipinski definition) is 5.